The zero-order chi connectivity index (χ0) is 17.1. The van der Waals surface area contributed by atoms with Crippen molar-refractivity contribution in [1.29, 1.82) is 0 Å². The molecule has 4 rings (SSSR count). The maximum atomic E-state index is 12.9. The van der Waals surface area contributed by atoms with Crippen molar-refractivity contribution in [2.45, 2.75) is 32.6 Å². The fourth-order valence-corrected chi connectivity index (χ4v) is 4.25. The fourth-order valence-electron chi connectivity index (χ4n) is 3.84. The quantitative estimate of drug-likeness (QED) is 0.698. The van der Waals surface area contributed by atoms with Gasteiger partial charge in [0.25, 0.3) is 5.56 Å². The number of hydrogen-bond donors (Lipinski definition) is 3. The number of nitrogens with one attached hydrogen (secondary N) is 3. The smallest absolute Gasteiger partial charge is 0.270 e. The van der Waals surface area contributed by atoms with Crippen molar-refractivity contribution >= 4 is 27.5 Å². The molecule has 1 atom stereocenters. The third-order valence-electron chi connectivity index (χ3n) is 4.77. The molecule has 3 N–H and O–H groups in total. The van der Waals surface area contributed by atoms with Crippen molar-refractivity contribution in [1.82, 2.24) is 10.2 Å². The van der Waals surface area contributed by atoms with Gasteiger partial charge in [-0.2, -0.15) is 0 Å². The van der Waals surface area contributed by atoms with E-state index in [-0.39, 0.29) is 22.7 Å². The second kappa shape index (κ2) is 5.21. The molecule has 0 amide bonds. The lowest BCUT2D eigenvalue weighted by Gasteiger charge is -2.37. The Labute approximate surface area is 147 Å². The maximum Gasteiger partial charge on any atom is 0.270 e. The molecular weight excluding hydrogens is 370 g/mol. The van der Waals surface area contributed by atoms with Crippen LogP contribution in [0.5, 0.6) is 0 Å². The summed E-state index contributed by atoms with van der Waals surface area (Å²) >= 11 is 3.49. The number of Topliss-reactive ketones (excluding diaryl/α,β-unsaturated/α-hetero) is 1. The number of carbonyl (C=O) groups excluding carboxylic acids is 1. The molecule has 24 heavy (non-hydrogen) atoms. The maximum absolute atomic E-state index is 12.9. The lowest BCUT2D eigenvalue weighted by atomic mass is 9.69. The minimum atomic E-state index is -0.340. The number of anilines is 1. The number of halogens is 1. The average molecular weight is 388 g/mol. The molecule has 1 aliphatic heterocycles. The minimum Gasteiger partial charge on any atom is -0.343 e. The van der Waals surface area contributed by atoms with Gasteiger partial charge in [-0.1, -0.05) is 41.9 Å². The van der Waals surface area contributed by atoms with Crippen LogP contribution >= 0.6 is 15.9 Å². The van der Waals surface area contributed by atoms with Crippen LogP contribution in [-0.4, -0.2) is 16.0 Å². The van der Waals surface area contributed by atoms with Crippen LogP contribution in [0.2, 0.25) is 0 Å². The highest BCUT2D eigenvalue weighted by molar-refractivity contribution is 9.10. The molecule has 2 aromatic rings. The molecular formula is C18H18BrN3O2. The number of ketones is 1. The van der Waals surface area contributed by atoms with Gasteiger partial charge in [-0.15, -0.1) is 0 Å². The Hall–Kier alpha value is -2.08. The molecule has 0 radical (unpaired) electrons. The van der Waals surface area contributed by atoms with E-state index in [1.54, 1.807) is 0 Å². The van der Waals surface area contributed by atoms with Gasteiger partial charge in [-0.25, -0.2) is 0 Å². The van der Waals surface area contributed by atoms with E-state index in [1.165, 1.54) is 0 Å². The predicted molar refractivity (Wildman–Crippen MR) is 96.1 cm³/mol. The molecule has 5 nitrogen and oxygen atoms in total. The zero-order valence-corrected chi connectivity index (χ0v) is 15.1. The molecule has 0 saturated carbocycles. The third-order valence-corrected chi connectivity index (χ3v) is 5.26. The molecule has 2 aliphatic rings. The normalized spacial score (nSPS) is 22.0. The summed E-state index contributed by atoms with van der Waals surface area (Å²) in [5, 5.41) is 8.84. The fraction of sp³-hybridized carbons (Fsp3) is 0.333. The van der Waals surface area contributed by atoms with Crippen molar-refractivity contribution in [2.75, 3.05) is 5.32 Å². The molecule has 124 valence electrons. The predicted octanol–water partition coefficient (Wildman–Crippen LogP) is 3.67. The summed E-state index contributed by atoms with van der Waals surface area (Å²) in [5.41, 5.74) is 2.90. The first-order chi connectivity index (χ1) is 11.4. The van der Waals surface area contributed by atoms with Gasteiger partial charge >= 0.3 is 0 Å². The van der Waals surface area contributed by atoms with Crippen molar-refractivity contribution in [2.24, 2.45) is 5.41 Å². The molecule has 2 heterocycles. The molecule has 0 saturated heterocycles. The molecule has 1 aromatic carbocycles. The summed E-state index contributed by atoms with van der Waals surface area (Å²) in [4.78, 5) is 25.3. The number of carbonyl (C=O) groups is 1. The van der Waals surface area contributed by atoms with Crippen LogP contribution in [0.1, 0.15) is 43.7 Å². The SMILES string of the molecule is CC1(C)CC(=O)C2=C(C1)Nc1[nH][nH]c(=O)c1C2c1cccc(Br)c1. The largest absolute Gasteiger partial charge is 0.343 e. The number of fused-ring (bicyclic) bond motifs is 1. The average Bonchev–Trinajstić information content (AvgIpc) is 2.85. The monoisotopic (exact) mass is 387 g/mol. The molecule has 0 bridgehead atoms. The summed E-state index contributed by atoms with van der Waals surface area (Å²) < 4.78 is 0.929. The van der Waals surface area contributed by atoms with E-state index < -0.39 is 0 Å². The first-order valence-corrected chi connectivity index (χ1v) is 8.74. The zero-order valence-electron chi connectivity index (χ0n) is 13.5. The number of aromatic nitrogens is 2. The highest BCUT2D eigenvalue weighted by atomic mass is 79.9. The van der Waals surface area contributed by atoms with Gasteiger partial charge < -0.3 is 5.32 Å². The molecule has 1 aromatic heterocycles. The first kappa shape index (κ1) is 15.4. The Bertz CT molecular complexity index is 936. The minimum absolute atomic E-state index is 0.0845. The van der Waals surface area contributed by atoms with Crippen molar-refractivity contribution in [3.63, 3.8) is 0 Å². The molecule has 1 aliphatic carbocycles. The van der Waals surface area contributed by atoms with Gasteiger partial charge in [0.05, 0.1) is 5.56 Å². The van der Waals surface area contributed by atoms with Gasteiger partial charge in [0, 0.05) is 28.1 Å². The Morgan fingerprint density at radius 2 is 1.96 bits per heavy atom. The summed E-state index contributed by atoms with van der Waals surface area (Å²) in [5.74, 6) is 0.437. The summed E-state index contributed by atoms with van der Waals surface area (Å²) in [6, 6.07) is 7.81. The number of rotatable bonds is 1. The third kappa shape index (κ3) is 2.36. The van der Waals surface area contributed by atoms with Crippen LogP contribution in [-0.2, 0) is 4.79 Å². The van der Waals surface area contributed by atoms with Crippen LogP contribution < -0.4 is 10.9 Å². The highest BCUT2D eigenvalue weighted by Crippen LogP contribution is 2.47. The van der Waals surface area contributed by atoms with E-state index >= 15 is 0 Å². The van der Waals surface area contributed by atoms with Gasteiger partial charge in [-0.3, -0.25) is 19.8 Å². The number of benzene rings is 1. The van der Waals surface area contributed by atoms with Gasteiger partial charge in [0.15, 0.2) is 5.78 Å². The van der Waals surface area contributed by atoms with Crippen molar-refractivity contribution in [3.8, 4) is 0 Å². The summed E-state index contributed by atoms with van der Waals surface area (Å²) in [6.45, 7) is 4.19. The Balaban J connectivity index is 1.96. The Morgan fingerprint density at radius 1 is 1.17 bits per heavy atom. The van der Waals surface area contributed by atoms with Crippen molar-refractivity contribution < 1.29 is 4.79 Å². The second-order valence-corrected chi connectivity index (χ2v) is 8.23. The molecule has 1 unspecified atom stereocenters. The molecule has 0 fully saturated rings. The topological polar surface area (TPSA) is 77.8 Å². The standard InChI is InChI=1S/C18H18BrN3O2/c1-18(2)7-11-14(12(23)8-18)13(9-4-3-5-10(19)6-9)15-16(20-11)21-22-17(15)24/h3-6,13H,7-8H2,1-2H3,(H3,20,21,22,24). The van der Waals surface area contributed by atoms with E-state index in [0.717, 1.165) is 27.7 Å². The van der Waals surface area contributed by atoms with Crippen molar-refractivity contribution in [3.05, 3.63) is 61.5 Å². The van der Waals surface area contributed by atoms with E-state index in [9.17, 15) is 9.59 Å². The van der Waals surface area contributed by atoms with E-state index in [0.29, 0.717) is 17.8 Å². The van der Waals surface area contributed by atoms with Crippen LogP contribution in [0.3, 0.4) is 0 Å². The number of aromatic amines is 2. The summed E-state index contributed by atoms with van der Waals surface area (Å²) in [7, 11) is 0. The summed E-state index contributed by atoms with van der Waals surface area (Å²) in [6.07, 6.45) is 1.28. The highest BCUT2D eigenvalue weighted by Gasteiger charge is 2.42. The van der Waals surface area contributed by atoms with E-state index in [4.69, 9.17) is 0 Å². The van der Waals surface area contributed by atoms with Crippen LogP contribution in [0.4, 0.5) is 5.82 Å². The van der Waals surface area contributed by atoms with E-state index in [1.807, 2.05) is 24.3 Å². The van der Waals surface area contributed by atoms with Crippen LogP contribution in [0, 0.1) is 5.41 Å². The number of hydrogen-bond acceptors (Lipinski definition) is 3. The number of allylic oxidation sites excluding steroid dienone is 2. The molecule has 6 heteroatoms. The lowest BCUT2D eigenvalue weighted by Crippen LogP contribution is -2.34. The Morgan fingerprint density at radius 3 is 2.71 bits per heavy atom. The van der Waals surface area contributed by atoms with Gasteiger partial charge in [-0.05, 0) is 29.5 Å². The van der Waals surface area contributed by atoms with Gasteiger partial charge in [0.2, 0.25) is 0 Å². The first-order valence-electron chi connectivity index (χ1n) is 7.95. The van der Waals surface area contributed by atoms with Crippen LogP contribution in [0.25, 0.3) is 0 Å². The Kier molecular flexibility index (Phi) is 3.35. The number of H-pyrrole nitrogens is 2. The van der Waals surface area contributed by atoms with Gasteiger partial charge in [0.1, 0.15) is 5.82 Å². The lowest BCUT2D eigenvalue weighted by molar-refractivity contribution is -0.118. The van der Waals surface area contributed by atoms with E-state index in [2.05, 4.69) is 45.3 Å². The second-order valence-electron chi connectivity index (χ2n) is 7.31. The van der Waals surface area contributed by atoms with Crippen LogP contribution in [0.15, 0.2) is 44.8 Å². The molecule has 0 spiro atoms.